The molecule has 0 radical (unpaired) electrons. The second-order valence-corrected chi connectivity index (χ2v) is 14.6. The Morgan fingerprint density at radius 1 is 0.804 bits per heavy atom. The van der Waals surface area contributed by atoms with Crippen LogP contribution in [0.5, 0.6) is 17.2 Å². The molecule has 4 fully saturated rings. The average Bonchev–Trinajstić information content (AvgIpc) is 3.93. The van der Waals surface area contributed by atoms with Crippen molar-refractivity contribution in [3.63, 3.8) is 0 Å². The van der Waals surface area contributed by atoms with Gasteiger partial charge in [-0.3, -0.25) is 19.4 Å². The van der Waals surface area contributed by atoms with Gasteiger partial charge in [0.05, 0.1) is 36.8 Å². The lowest BCUT2D eigenvalue weighted by Gasteiger charge is -2.43. The van der Waals surface area contributed by atoms with Crippen LogP contribution in [0.3, 0.4) is 0 Å². The van der Waals surface area contributed by atoms with E-state index in [0.717, 1.165) is 88.1 Å². The first kappa shape index (κ1) is 37.5. The highest BCUT2D eigenvalue weighted by Gasteiger charge is 2.34. The number of hydrogen-bond donors (Lipinski definition) is 2. The maximum absolute atomic E-state index is 14.9. The van der Waals surface area contributed by atoms with Crippen molar-refractivity contribution in [2.75, 3.05) is 73.6 Å². The molecule has 1 aliphatic carbocycles. The summed E-state index contributed by atoms with van der Waals surface area (Å²) in [4.78, 5) is 35.1. The molecule has 4 heterocycles. The number of nitrogens with zero attached hydrogens (tertiary/aromatic N) is 6. The van der Waals surface area contributed by atoms with E-state index in [9.17, 15) is 18.0 Å². The lowest BCUT2D eigenvalue weighted by Crippen LogP contribution is -2.53. The van der Waals surface area contributed by atoms with E-state index in [1.54, 1.807) is 24.3 Å². The highest BCUT2D eigenvalue weighted by atomic mass is 19.1. The van der Waals surface area contributed by atoms with E-state index in [0.29, 0.717) is 53.4 Å². The van der Waals surface area contributed by atoms with Gasteiger partial charge < -0.3 is 25.0 Å². The van der Waals surface area contributed by atoms with E-state index in [2.05, 4.69) is 41.9 Å². The highest BCUT2D eigenvalue weighted by molar-refractivity contribution is 6.02. The maximum atomic E-state index is 14.9. The van der Waals surface area contributed by atoms with Crippen LogP contribution >= 0.6 is 0 Å². The molecule has 0 unspecified atom stereocenters. The Hall–Kier alpha value is -5.38. The zero-order chi connectivity index (χ0) is 38.8. The topological polar surface area (TPSA) is 108 Å². The van der Waals surface area contributed by atoms with Crippen LogP contribution in [0.1, 0.15) is 43.7 Å². The molecular weight excluding hydrogens is 725 g/mol. The largest absolute Gasteiger partial charge is 0.494 e. The first-order chi connectivity index (χ1) is 27.2. The molecule has 4 aliphatic rings. The fourth-order valence-corrected chi connectivity index (χ4v) is 7.99. The lowest BCUT2D eigenvalue weighted by atomic mass is 10.0. The number of rotatable bonds is 12. The van der Waals surface area contributed by atoms with Gasteiger partial charge in [-0.05, 0) is 55.5 Å². The van der Waals surface area contributed by atoms with Crippen molar-refractivity contribution in [1.82, 2.24) is 19.8 Å². The van der Waals surface area contributed by atoms with Crippen molar-refractivity contribution >= 4 is 34.6 Å². The van der Waals surface area contributed by atoms with Crippen LogP contribution in [0.25, 0.3) is 0 Å². The average molecular weight is 771 g/mol. The molecule has 294 valence electrons. The number of anilines is 5. The van der Waals surface area contributed by atoms with Crippen LogP contribution in [0.2, 0.25) is 0 Å². The molecule has 3 aliphatic heterocycles. The summed E-state index contributed by atoms with van der Waals surface area (Å²) in [5.41, 5.74) is 2.54. The Morgan fingerprint density at radius 2 is 1.46 bits per heavy atom. The fraction of sp³-hybridized carbons (Fsp3) is 0.390. The zero-order valence-electron chi connectivity index (χ0n) is 31.2. The van der Waals surface area contributed by atoms with Crippen molar-refractivity contribution in [2.45, 2.75) is 50.2 Å². The van der Waals surface area contributed by atoms with Gasteiger partial charge in [0.15, 0.2) is 5.82 Å². The quantitative estimate of drug-likeness (QED) is 0.143. The summed E-state index contributed by atoms with van der Waals surface area (Å²) in [5.74, 6) is -1.21. The Morgan fingerprint density at radius 3 is 2.12 bits per heavy atom. The molecule has 4 aromatic rings. The van der Waals surface area contributed by atoms with Gasteiger partial charge >= 0.3 is 0 Å². The third kappa shape index (κ3) is 8.54. The number of piperidine rings is 1. The molecule has 1 amide bonds. The normalized spacial score (nSPS) is 19.5. The zero-order valence-corrected chi connectivity index (χ0v) is 31.2. The third-order valence-electron chi connectivity index (χ3n) is 10.9. The van der Waals surface area contributed by atoms with E-state index >= 15 is 0 Å². The molecule has 1 aromatic heterocycles. The van der Waals surface area contributed by atoms with Crippen molar-refractivity contribution in [3.8, 4) is 17.2 Å². The Bertz CT molecular complexity index is 2050. The molecule has 1 atom stereocenters. The minimum absolute atomic E-state index is 0.0726. The number of amides is 1. The van der Waals surface area contributed by atoms with E-state index in [-0.39, 0.29) is 17.4 Å². The van der Waals surface area contributed by atoms with Crippen molar-refractivity contribution < 1.29 is 32.3 Å². The van der Waals surface area contributed by atoms with Crippen LogP contribution in [-0.2, 0) is 9.63 Å². The van der Waals surface area contributed by atoms with Gasteiger partial charge in [-0.1, -0.05) is 6.58 Å². The number of ether oxygens (including phenoxy) is 2. The van der Waals surface area contributed by atoms with Crippen molar-refractivity contribution in [3.05, 3.63) is 96.6 Å². The molecule has 56 heavy (non-hydrogen) atoms. The predicted molar refractivity (Wildman–Crippen MR) is 207 cm³/mol. The summed E-state index contributed by atoms with van der Waals surface area (Å²) in [6.07, 6.45) is 7.87. The predicted octanol–water partition coefficient (Wildman–Crippen LogP) is 7.19. The van der Waals surface area contributed by atoms with Crippen molar-refractivity contribution in [1.29, 1.82) is 0 Å². The van der Waals surface area contributed by atoms with E-state index in [1.807, 2.05) is 12.1 Å². The van der Waals surface area contributed by atoms with Gasteiger partial charge in [0, 0.05) is 94.2 Å². The Balaban J connectivity index is 0.989. The first-order valence-electron chi connectivity index (χ1n) is 19.1. The second kappa shape index (κ2) is 16.4. The molecule has 2 N–H and O–H groups in total. The summed E-state index contributed by atoms with van der Waals surface area (Å²) in [6.45, 7) is 10.2. The van der Waals surface area contributed by atoms with Gasteiger partial charge in [0.2, 0.25) is 5.91 Å². The second-order valence-electron chi connectivity index (χ2n) is 14.6. The molecular formula is C41H45F3N8O4. The summed E-state index contributed by atoms with van der Waals surface area (Å²) in [6, 6.07) is 13.2. The molecule has 3 aromatic carbocycles. The maximum Gasteiger partial charge on any atom is 0.247 e. The monoisotopic (exact) mass is 770 g/mol. The van der Waals surface area contributed by atoms with E-state index in [1.165, 1.54) is 31.3 Å². The van der Waals surface area contributed by atoms with Crippen LogP contribution in [0.4, 0.5) is 41.9 Å². The lowest BCUT2D eigenvalue weighted by molar-refractivity contribution is -0.111. The van der Waals surface area contributed by atoms with Crippen LogP contribution in [0, 0.1) is 17.5 Å². The fourth-order valence-electron chi connectivity index (χ4n) is 7.99. The highest BCUT2D eigenvalue weighted by Crippen LogP contribution is 2.41. The van der Waals surface area contributed by atoms with Gasteiger partial charge in [0.25, 0.3) is 0 Å². The van der Waals surface area contributed by atoms with Crippen LogP contribution < -0.4 is 30.1 Å². The molecule has 12 nitrogen and oxygen atoms in total. The number of halogens is 3. The molecule has 0 spiro atoms. The van der Waals surface area contributed by atoms with Crippen LogP contribution in [-0.4, -0.2) is 90.7 Å². The van der Waals surface area contributed by atoms with Gasteiger partial charge in [-0.15, -0.1) is 0 Å². The molecule has 1 saturated carbocycles. The standard InChI is InChI=1S/C41H45F3N8O4/c1-3-41(53)48-34-22-35(38(54-2)23-37(34)51-9-6-31(7-10-51)50-13-11-49(12-14-50)30-4-5-30)47-39-24-40(46-25-45-39)52-36(8-15-55-52)26-16-27(42)19-32(17-26)56-33-20-28(43)18-29(44)21-33/h3,16-25,30-31,36H,1,4-15H2,2H3,(H,48,53)(H,45,46,47)/t36-/m1/s1. The summed E-state index contributed by atoms with van der Waals surface area (Å²) in [5, 5.41) is 7.88. The first-order valence-corrected chi connectivity index (χ1v) is 19.1. The van der Waals surface area contributed by atoms with Gasteiger partial charge in [-0.25, -0.2) is 28.2 Å². The Kier molecular flexibility index (Phi) is 11.0. The van der Waals surface area contributed by atoms with E-state index in [4.69, 9.17) is 14.3 Å². The summed E-state index contributed by atoms with van der Waals surface area (Å²) < 4.78 is 54.0. The minimum Gasteiger partial charge on any atom is -0.494 e. The number of carbonyl (C=O) groups is 1. The summed E-state index contributed by atoms with van der Waals surface area (Å²) >= 11 is 0. The number of aromatic nitrogens is 2. The SMILES string of the molecule is C=CC(=O)Nc1cc(Nc2cc(N3OCC[C@@H]3c3cc(F)cc(Oc4cc(F)cc(F)c4)c3)ncn2)c(OC)cc1N1CCC(N2CCN(C3CC3)CC2)CC1. The number of hydrogen-bond acceptors (Lipinski definition) is 11. The minimum atomic E-state index is -0.810. The van der Waals surface area contributed by atoms with Gasteiger partial charge in [0.1, 0.15) is 46.8 Å². The molecule has 3 saturated heterocycles. The third-order valence-corrected chi connectivity index (χ3v) is 10.9. The molecule has 8 rings (SSSR count). The Labute approximate surface area is 323 Å². The number of piperazine rings is 1. The number of methoxy groups -OCH3 is 1. The number of hydroxylamine groups is 1. The molecule has 0 bridgehead atoms. The number of benzene rings is 3. The smallest absolute Gasteiger partial charge is 0.247 e. The van der Waals surface area contributed by atoms with Crippen LogP contribution in [0.15, 0.2) is 73.6 Å². The van der Waals surface area contributed by atoms with Crippen molar-refractivity contribution in [2.24, 2.45) is 0 Å². The number of nitrogens with one attached hydrogen (secondary N) is 2. The number of carbonyl (C=O) groups excluding carboxylic acids is 1. The van der Waals surface area contributed by atoms with Gasteiger partial charge in [-0.2, -0.15) is 0 Å². The molecule has 15 heteroatoms. The summed E-state index contributed by atoms with van der Waals surface area (Å²) in [7, 11) is 1.59. The van der Waals surface area contributed by atoms with E-state index < -0.39 is 23.5 Å².